The van der Waals surface area contributed by atoms with Gasteiger partial charge in [0.1, 0.15) is 0 Å². The Morgan fingerprint density at radius 3 is 2.38 bits per heavy atom. The average Bonchev–Trinajstić information content (AvgIpc) is 2.55. The number of hydrogen-bond acceptors (Lipinski definition) is 1. The van der Waals surface area contributed by atoms with E-state index in [1.165, 1.54) is 0 Å². The molecule has 2 aromatic carbocycles. The monoisotopic (exact) mass is 384 g/mol. The molecule has 0 amide bonds. The maximum atomic E-state index is 12.1. The van der Waals surface area contributed by atoms with Crippen molar-refractivity contribution in [1.82, 2.24) is 0 Å². The van der Waals surface area contributed by atoms with Gasteiger partial charge in [-0.1, -0.05) is 24.3 Å². The molecule has 0 aromatic heterocycles. The van der Waals surface area contributed by atoms with Crippen LogP contribution < -0.4 is 0 Å². The molecule has 0 radical (unpaired) electrons. The zero-order chi connectivity index (χ0) is 11.3. The van der Waals surface area contributed by atoms with Gasteiger partial charge in [0.05, 0.1) is 0 Å². The number of carbonyl (C=O) groups is 1. The molecule has 0 aliphatic heterocycles. The van der Waals surface area contributed by atoms with Crippen molar-refractivity contribution in [2.45, 2.75) is 0 Å². The molecule has 0 saturated heterocycles. The van der Waals surface area contributed by atoms with Gasteiger partial charge in [-0.05, 0) is 61.8 Å². The molecular weight excluding hydrogens is 379 g/mol. The van der Waals surface area contributed by atoms with Crippen LogP contribution in [0.2, 0.25) is 0 Å². The van der Waals surface area contributed by atoms with Crippen LogP contribution in [0.5, 0.6) is 0 Å². The first-order valence-corrected chi connectivity index (χ1v) is 6.69. The Bertz CT molecular complexity index is 619. The van der Waals surface area contributed by atoms with Gasteiger partial charge in [0.25, 0.3) is 0 Å². The molecule has 0 atom stereocenters. The van der Waals surface area contributed by atoms with Crippen molar-refractivity contribution < 1.29 is 4.79 Å². The molecule has 0 bridgehead atoms. The van der Waals surface area contributed by atoms with E-state index in [0.717, 1.165) is 30.3 Å². The van der Waals surface area contributed by atoms with E-state index in [0.29, 0.717) is 0 Å². The smallest absolute Gasteiger partial charge is 0.194 e. The van der Waals surface area contributed by atoms with E-state index < -0.39 is 0 Å². The van der Waals surface area contributed by atoms with Crippen LogP contribution in [0.25, 0.3) is 11.1 Å². The summed E-state index contributed by atoms with van der Waals surface area (Å²) in [5.41, 5.74) is 3.71. The summed E-state index contributed by atoms with van der Waals surface area (Å²) >= 11 is 5.73. The average molecular weight is 385 g/mol. The van der Waals surface area contributed by atoms with Crippen LogP contribution in [0.3, 0.4) is 0 Å². The van der Waals surface area contributed by atoms with Crippen LogP contribution in [0.1, 0.15) is 15.9 Å². The highest BCUT2D eigenvalue weighted by Gasteiger charge is 2.26. The summed E-state index contributed by atoms with van der Waals surface area (Å²) in [6.45, 7) is 0. The van der Waals surface area contributed by atoms with Crippen molar-refractivity contribution >= 4 is 44.3 Å². The summed E-state index contributed by atoms with van der Waals surface area (Å²) in [5, 5.41) is 0. The van der Waals surface area contributed by atoms with Gasteiger partial charge in [-0.15, -0.1) is 0 Å². The second-order valence-corrected chi connectivity index (χ2v) is 5.70. The van der Waals surface area contributed by atoms with E-state index in [-0.39, 0.29) is 5.78 Å². The van der Waals surface area contributed by atoms with Gasteiger partial charge in [0.15, 0.2) is 5.78 Å². The molecule has 78 valence electrons. The standard InChI is InChI=1S/C13H6BrIO/c14-11-5-10-9(6-12(11)15)7-3-1-2-4-8(7)13(10)16/h1-6H. The molecule has 3 rings (SSSR count). The molecular formula is C13H6BrIO. The summed E-state index contributed by atoms with van der Waals surface area (Å²) in [6, 6.07) is 11.7. The van der Waals surface area contributed by atoms with E-state index in [4.69, 9.17) is 0 Å². The Hall–Kier alpha value is -0.680. The fraction of sp³-hybridized carbons (Fsp3) is 0. The van der Waals surface area contributed by atoms with Gasteiger partial charge in [0.2, 0.25) is 0 Å². The van der Waals surface area contributed by atoms with Crippen LogP contribution in [-0.2, 0) is 0 Å². The normalized spacial score (nSPS) is 12.5. The lowest BCUT2D eigenvalue weighted by Crippen LogP contribution is -1.94. The quantitative estimate of drug-likeness (QED) is 0.529. The summed E-state index contributed by atoms with van der Waals surface area (Å²) in [5.74, 6) is 0.128. The molecule has 0 unspecified atom stereocenters. The third-order valence-corrected chi connectivity index (χ3v) is 5.06. The third kappa shape index (κ3) is 1.38. The van der Waals surface area contributed by atoms with Gasteiger partial charge in [0, 0.05) is 19.2 Å². The number of ketones is 1. The predicted molar refractivity (Wildman–Crippen MR) is 75.7 cm³/mol. The van der Waals surface area contributed by atoms with E-state index >= 15 is 0 Å². The first-order chi connectivity index (χ1) is 7.68. The van der Waals surface area contributed by atoms with Crippen LogP contribution in [0.4, 0.5) is 0 Å². The molecule has 16 heavy (non-hydrogen) atoms. The van der Waals surface area contributed by atoms with Crippen molar-refractivity contribution in [2.24, 2.45) is 0 Å². The highest BCUT2D eigenvalue weighted by Crippen LogP contribution is 2.39. The van der Waals surface area contributed by atoms with E-state index in [1.807, 2.05) is 30.3 Å². The lowest BCUT2D eigenvalue weighted by Gasteiger charge is -2.02. The Labute approximate surface area is 115 Å². The second kappa shape index (κ2) is 3.67. The zero-order valence-corrected chi connectivity index (χ0v) is 11.9. The van der Waals surface area contributed by atoms with Crippen LogP contribution in [0.15, 0.2) is 40.9 Å². The van der Waals surface area contributed by atoms with Crippen molar-refractivity contribution in [1.29, 1.82) is 0 Å². The molecule has 1 aliphatic rings. The molecule has 0 saturated carbocycles. The number of halogens is 2. The number of rotatable bonds is 0. The number of hydrogen-bond donors (Lipinski definition) is 0. The highest BCUT2D eigenvalue weighted by molar-refractivity contribution is 14.1. The largest absolute Gasteiger partial charge is 0.289 e. The molecule has 0 N–H and O–H groups in total. The lowest BCUT2D eigenvalue weighted by molar-refractivity contribution is 0.104. The number of fused-ring (bicyclic) bond motifs is 3. The maximum Gasteiger partial charge on any atom is 0.194 e. The van der Waals surface area contributed by atoms with Crippen LogP contribution in [0, 0.1) is 3.57 Å². The molecule has 1 aliphatic carbocycles. The Balaban J connectivity index is 2.38. The van der Waals surface area contributed by atoms with Gasteiger partial charge < -0.3 is 0 Å². The molecule has 0 spiro atoms. The van der Waals surface area contributed by atoms with Gasteiger partial charge in [-0.3, -0.25) is 4.79 Å². The molecule has 3 heteroatoms. The van der Waals surface area contributed by atoms with E-state index in [2.05, 4.69) is 44.6 Å². The Morgan fingerprint density at radius 1 is 0.938 bits per heavy atom. The second-order valence-electron chi connectivity index (χ2n) is 3.69. The SMILES string of the molecule is O=C1c2ccccc2-c2cc(I)c(Br)cc21. The van der Waals surface area contributed by atoms with Crippen molar-refractivity contribution in [3.63, 3.8) is 0 Å². The predicted octanol–water partition coefficient (Wildman–Crippen LogP) is 4.27. The fourth-order valence-corrected chi connectivity index (χ4v) is 2.83. The third-order valence-electron chi connectivity index (χ3n) is 2.77. The summed E-state index contributed by atoms with van der Waals surface area (Å²) in [4.78, 5) is 12.1. The maximum absolute atomic E-state index is 12.1. The highest BCUT2D eigenvalue weighted by atomic mass is 127. The topological polar surface area (TPSA) is 17.1 Å². The first-order valence-electron chi connectivity index (χ1n) is 4.81. The fourth-order valence-electron chi connectivity index (χ4n) is 2.02. The molecule has 0 heterocycles. The molecule has 2 aromatic rings. The van der Waals surface area contributed by atoms with E-state index in [1.54, 1.807) is 0 Å². The van der Waals surface area contributed by atoms with Gasteiger partial charge in [-0.2, -0.15) is 0 Å². The minimum absolute atomic E-state index is 0.128. The minimum atomic E-state index is 0.128. The summed E-state index contributed by atoms with van der Waals surface area (Å²) < 4.78 is 2.11. The van der Waals surface area contributed by atoms with Crippen molar-refractivity contribution in [2.75, 3.05) is 0 Å². The molecule has 0 fully saturated rings. The van der Waals surface area contributed by atoms with Crippen LogP contribution >= 0.6 is 38.5 Å². The lowest BCUT2D eigenvalue weighted by atomic mass is 10.1. The molecule has 1 nitrogen and oxygen atoms in total. The first kappa shape index (κ1) is 10.5. The van der Waals surface area contributed by atoms with Crippen molar-refractivity contribution in [3.8, 4) is 11.1 Å². The van der Waals surface area contributed by atoms with E-state index in [9.17, 15) is 4.79 Å². The summed E-state index contributed by atoms with van der Waals surface area (Å²) in [7, 11) is 0. The Morgan fingerprint density at radius 2 is 1.62 bits per heavy atom. The summed E-state index contributed by atoms with van der Waals surface area (Å²) in [6.07, 6.45) is 0. The number of carbonyl (C=O) groups excluding carboxylic acids is 1. The van der Waals surface area contributed by atoms with Crippen LogP contribution in [-0.4, -0.2) is 5.78 Å². The van der Waals surface area contributed by atoms with Gasteiger partial charge in [-0.25, -0.2) is 0 Å². The minimum Gasteiger partial charge on any atom is -0.289 e. The van der Waals surface area contributed by atoms with Gasteiger partial charge >= 0.3 is 0 Å². The zero-order valence-electron chi connectivity index (χ0n) is 8.13. The number of benzene rings is 2. The Kier molecular flexibility index (Phi) is 2.40. The van der Waals surface area contributed by atoms with Crippen molar-refractivity contribution in [3.05, 3.63) is 55.6 Å².